The Morgan fingerprint density at radius 2 is 1.71 bits per heavy atom. The standard InChI is InChI=1S/C32H28N4OS/c1-22-28(27-17-9-10-18-29(27)35(22)21-24-12-6-5-11-23(24)20-33)19-30-31(37)36(26-15-7-8-16-26)32(38-30)34-25-13-3-2-4-14-25/h2-6,9-14,17-19,26H,7-8,15-16,21H2,1H3/b30-19+,34-32?. The van der Waals surface area contributed by atoms with Crippen LogP contribution >= 0.6 is 11.8 Å². The quantitative estimate of drug-likeness (QED) is 0.259. The van der Waals surface area contributed by atoms with Gasteiger partial charge in [0, 0.05) is 34.7 Å². The first-order valence-electron chi connectivity index (χ1n) is 13.1. The Morgan fingerprint density at radius 1 is 1.00 bits per heavy atom. The van der Waals surface area contributed by atoms with Crippen LogP contribution in [-0.2, 0) is 11.3 Å². The second-order valence-corrected chi connectivity index (χ2v) is 10.8. The van der Waals surface area contributed by atoms with Crippen molar-refractivity contribution in [2.75, 3.05) is 0 Å². The molecule has 6 rings (SSSR count). The number of carbonyl (C=O) groups is 1. The number of amides is 1. The van der Waals surface area contributed by atoms with Gasteiger partial charge in [0.2, 0.25) is 0 Å². The van der Waals surface area contributed by atoms with Crippen molar-refractivity contribution in [3.8, 4) is 6.07 Å². The number of thioether (sulfide) groups is 1. The highest BCUT2D eigenvalue weighted by Crippen LogP contribution is 2.40. The predicted octanol–water partition coefficient (Wildman–Crippen LogP) is 7.42. The van der Waals surface area contributed by atoms with Gasteiger partial charge in [-0.15, -0.1) is 0 Å². The molecule has 0 spiro atoms. The van der Waals surface area contributed by atoms with Gasteiger partial charge in [-0.1, -0.05) is 67.4 Å². The Morgan fingerprint density at radius 3 is 2.50 bits per heavy atom. The summed E-state index contributed by atoms with van der Waals surface area (Å²) in [5.41, 5.74) is 5.72. The van der Waals surface area contributed by atoms with Crippen molar-refractivity contribution in [2.24, 2.45) is 4.99 Å². The van der Waals surface area contributed by atoms with E-state index in [-0.39, 0.29) is 11.9 Å². The second-order valence-electron chi connectivity index (χ2n) is 9.83. The maximum Gasteiger partial charge on any atom is 0.267 e. The molecule has 2 heterocycles. The normalized spacial score (nSPS) is 18.2. The van der Waals surface area contributed by atoms with Gasteiger partial charge in [0.25, 0.3) is 5.91 Å². The van der Waals surface area contributed by atoms with E-state index in [9.17, 15) is 10.1 Å². The minimum Gasteiger partial charge on any atom is -0.340 e. The average Bonchev–Trinajstić information content (AvgIpc) is 3.64. The summed E-state index contributed by atoms with van der Waals surface area (Å²) in [6, 6.07) is 28.4. The molecule has 5 nitrogen and oxygen atoms in total. The average molecular weight is 517 g/mol. The molecule has 0 radical (unpaired) electrons. The lowest BCUT2D eigenvalue weighted by Gasteiger charge is -2.22. The molecule has 4 aromatic rings. The van der Waals surface area contributed by atoms with Crippen LogP contribution in [0, 0.1) is 18.3 Å². The van der Waals surface area contributed by atoms with E-state index in [4.69, 9.17) is 4.99 Å². The summed E-state index contributed by atoms with van der Waals surface area (Å²) in [5.74, 6) is 0.0441. The number of nitriles is 1. The van der Waals surface area contributed by atoms with Crippen LogP contribution < -0.4 is 0 Å². The molecule has 188 valence electrons. The summed E-state index contributed by atoms with van der Waals surface area (Å²) < 4.78 is 2.25. The molecular formula is C32H28N4OS. The van der Waals surface area contributed by atoms with E-state index in [0.29, 0.717) is 17.0 Å². The van der Waals surface area contributed by atoms with Crippen molar-refractivity contribution < 1.29 is 4.79 Å². The molecule has 6 heteroatoms. The smallest absolute Gasteiger partial charge is 0.267 e. The molecule has 3 aromatic carbocycles. The largest absolute Gasteiger partial charge is 0.340 e. The van der Waals surface area contributed by atoms with Gasteiger partial charge in [-0.05, 0) is 67.4 Å². The molecule has 0 unspecified atom stereocenters. The predicted molar refractivity (Wildman–Crippen MR) is 155 cm³/mol. The summed E-state index contributed by atoms with van der Waals surface area (Å²) >= 11 is 1.48. The van der Waals surface area contributed by atoms with Crippen LogP contribution in [0.3, 0.4) is 0 Å². The lowest BCUT2D eigenvalue weighted by atomic mass is 10.1. The van der Waals surface area contributed by atoms with Crippen LogP contribution in [0.5, 0.6) is 0 Å². The Bertz CT molecular complexity index is 1620. The first-order chi connectivity index (χ1) is 18.6. The first kappa shape index (κ1) is 24.3. The summed E-state index contributed by atoms with van der Waals surface area (Å²) in [4.78, 5) is 21.4. The molecule has 2 fully saturated rings. The summed E-state index contributed by atoms with van der Waals surface area (Å²) in [6.07, 6.45) is 6.38. The summed E-state index contributed by atoms with van der Waals surface area (Å²) in [7, 11) is 0. The van der Waals surface area contributed by atoms with Crippen LogP contribution in [0.15, 0.2) is 88.8 Å². The van der Waals surface area contributed by atoms with Gasteiger partial charge in [-0.25, -0.2) is 4.99 Å². The molecule has 1 aliphatic heterocycles. The maximum atomic E-state index is 13.8. The number of carbonyl (C=O) groups excluding carboxylic acids is 1. The highest BCUT2D eigenvalue weighted by atomic mass is 32.2. The van der Waals surface area contributed by atoms with Crippen LogP contribution in [0.2, 0.25) is 0 Å². The van der Waals surface area contributed by atoms with Crippen LogP contribution in [0.25, 0.3) is 17.0 Å². The third kappa shape index (κ3) is 4.44. The molecule has 0 atom stereocenters. The minimum absolute atomic E-state index is 0.0441. The van der Waals surface area contributed by atoms with Crippen molar-refractivity contribution in [1.29, 1.82) is 5.26 Å². The van der Waals surface area contributed by atoms with Crippen molar-refractivity contribution in [2.45, 2.75) is 45.2 Å². The van der Waals surface area contributed by atoms with E-state index in [1.165, 1.54) is 11.8 Å². The number of amidine groups is 1. The highest BCUT2D eigenvalue weighted by Gasteiger charge is 2.39. The molecule has 1 amide bonds. The third-order valence-corrected chi connectivity index (χ3v) is 8.51. The van der Waals surface area contributed by atoms with Gasteiger partial charge in [0.15, 0.2) is 5.17 Å². The van der Waals surface area contributed by atoms with Crippen LogP contribution in [0.1, 0.15) is 48.1 Å². The highest BCUT2D eigenvalue weighted by molar-refractivity contribution is 8.18. The Kier molecular flexibility index (Phi) is 6.61. The Balaban J connectivity index is 1.43. The van der Waals surface area contributed by atoms with Crippen molar-refractivity contribution >= 4 is 45.5 Å². The van der Waals surface area contributed by atoms with Crippen molar-refractivity contribution in [3.63, 3.8) is 0 Å². The van der Waals surface area contributed by atoms with Crippen molar-refractivity contribution in [3.05, 3.63) is 106 Å². The van der Waals surface area contributed by atoms with E-state index in [0.717, 1.165) is 64.3 Å². The van der Waals surface area contributed by atoms with Crippen LogP contribution in [0.4, 0.5) is 5.69 Å². The fourth-order valence-corrected chi connectivity index (χ4v) is 6.61. The first-order valence-corrected chi connectivity index (χ1v) is 13.9. The monoisotopic (exact) mass is 516 g/mol. The zero-order valence-electron chi connectivity index (χ0n) is 21.3. The third-order valence-electron chi connectivity index (χ3n) is 7.53. The van der Waals surface area contributed by atoms with Gasteiger partial charge >= 0.3 is 0 Å². The lowest BCUT2D eigenvalue weighted by Crippen LogP contribution is -2.37. The maximum absolute atomic E-state index is 13.8. The van der Waals surface area contributed by atoms with Gasteiger partial charge in [0.1, 0.15) is 0 Å². The van der Waals surface area contributed by atoms with Gasteiger partial charge in [0.05, 0.1) is 22.2 Å². The molecular weight excluding hydrogens is 488 g/mol. The SMILES string of the molecule is Cc1c(/C=C2/SC(=Nc3ccccc3)N(C3CCCC3)C2=O)c2ccccc2n1Cc1ccccc1C#N. The Labute approximate surface area is 227 Å². The number of hydrogen-bond acceptors (Lipinski definition) is 4. The molecule has 1 saturated carbocycles. The number of rotatable bonds is 5. The molecule has 38 heavy (non-hydrogen) atoms. The molecule has 2 aliphatic rings. The number of nitrogens with zero attached hydrogens (tertiary/aromatic N) is 4. The molecule has 0 N–H and O–H groups in total. The fourth-order valence-electron chi connectivity index (χ4n) is 5.57. The zero-order valence-corrected chi connectivity index (χ0v) is 22.1. The fraction of sp³-hybridized carbons (Fsp3) is 0.219. The molecule has 1 aromatic heterocycles. The number of benzene rings is 3. The summed E-state index contributed by atoms with van der Waals surface area (Å²) in [6.45, 7) is 2.69. The molecule has 1 saturated heterocycles. The number of hydrogen-bond donors (Lipinski definition) is 0. The summed E-state index contributed by atoms with van der Waals surface area (Å²) in [5, 5.41) is 11.5. The minimum atomic E-state index is 0.0441. The van der Waals surface area contributed by atoms with Gasteiger partial charge in [-0.2, -0.15) is 5.26 Å². The molecule has 0 bridgehead atoms. The zero-order chi connectivity index (χ0) is 26.1. The second kappa shape index (κ2) is 10.4. The Hall–Kier alpha value is -4.08. The van der Waals surface area contributed by atoms with E-state index >= 15 is 0 Å². The van der Waals surface area contributed by atoms with E-state index in [2.05, 4.69) is 29.7 Å². The number of fused-ring (bicyclic) bond motifs is 1. The lowest BCUT2D eigenvalue weighted by molar-refractivity contribution is -0.123. The van der Waals surface area contributed by atoms with Gasteiger partial charge in [-0.3, -0.25) is 9.69 Å². The van der Waals surface area contributed by atoms with E-state index in [1.54, 1.807) is 0 Å². The topological polar surface area (TPSA) is 61.4 Å². The van der Waals surface area contributed by atoms with E-state index in [1.807, 2.05) is 77.7 Å². The number of aliphatic imine (C=N–C) groups is 1. The number of aromatic nitrogens is 1. The van der Waals surface area contributed by atoms with Gasteiger partial charge < -0.3 is 4.57 Å². The van der Waals surface area contributed by atoms with Crippen molar-refractivity contribution in [1.82, 2.24) is 9.47 Å². The van der Waals surface area contributed by atoms with Crippen LogP contribution in [-0.4, -0.2) is 26.6 Å². The van der Waals surface area contributed by atoms with E-state index < -0.39 is 0 Å². The number of para-hydroxylation sites is 2. The molecule has 1 aliphatic carbocycles.